The van der Waals surface area contributed by atoms with Crippen molar-refractivity contribution in [2.75, 3.05) is 26.2 Å². The molecule has 1 saturated heterocycles. The molecule has 1 heterocycles. The summed E-state index contributed by atoms with van der Waals surface area (Å²) in [7, 11) is 0. The number of likely N-dealkylation sites (tertiary alicyclic amines) is 1. The molecule has 1 fully saturated rings. The third kappa shape index (κ3) is 4.87. The highest BCUT2D eigenvalue weighted by atomic mass is 35.5. The minimum absolute atomic E-state index is 0.319. The van der Waals surface area contributed by atoms with E-state index in [0.29, 0.717) is 25.0 Å². The number of ether oxygens (including phenoxy) is 1. The van der Waals surface area contributed by atoms with Gasteiger partial charge in [-0.2, -0.15) is 0 Å². The molecule has 0 spiro atoms. The summed E-state index contributed by atoms with van der Waals surface area (Å²) in [6.45, 7) is 11.6. The van der Waals surface area contributed by atoms with Gasteiger partial charge in [0.05, 0.1) is 0 Å². The first kappa shape index (κ1) is 17.6. The quantitative estimate of drug-likeness (QED) is 0.896. The van der Waals surface area contributed by atoms with Crippen molar-refractivity contribution in [2.24, 2.45) is 11.8 Å². The molecule has 1 N–H and O–H groups in total. The van der Waals surface area contributed by atoms with E-state index in [4.69, 9.17) is 16.3 Å². The monoisotopic (exact) mass is 325 g/mol. The molecule has 4 heteroatoms. The first-order chi connectivity index (χ1) is 10.3. The fourth-order valence-corrected chi connectivity index (χ4v) is 3.58. The molecular formula is C18H28ClNO2. The Morgan fingerprint density at radius 2 is 1.77 bits per heavy atom. The smallest absolute Gasteiger partial charge is 0.120 e. The Kier molecular flexibility index (Phi) is 6.13. The lowest BCUT2D eigenvalue weighted by Gasteiger charge is -2.35. The lowest BCUT2D eigenvalue weighted by atomic mass is 9.92. The lowest BCUT2D eigenvalue weighted by Crippen LogP contribution is -2.44. The summed E-state index contributed by atoms with van der Waals surface area (Å²) in [6.07, 6.45) is 0.820. The van der Waals surface area contributed by atoms with Gasteiger partial charge in [-0.15, -0.1) is 0 Å². The normalized spacial score (nSPS) is 24.3. The van der Waals surface area contributed by atoms with Crippen molar-refractivity contribution in [3.05, 3.63) is 28.3 Å². The highest BCUT2D eigenvalue weighted by Gasteiger charge is 2.23. The molecule has 1 aliphatic heterocycles. The zero-order chi connectivity index (χ0) is 16.3. The van der Waals surface area contributed by atoms with E-state index in [9.17, 15) is 5.11 Å². The van der Waals surface area contributed by atoms with Crippen LogP contribution in [0.3, 0.4) is 0 Å². The molecule has 3 nitrogen and oxygen atoms in total. The molecule has 0 amide bonds. The maximum Gasteiger partial charge on any atom is 0.120 e. The van der Waals surface area contributed by atoms with E-state index in [2.05, 4.69) is 18.7 Å². The Bertz CT molecular complexity index is 473. The predicted octanol–water partition coefficient (Wildman–Crippen LogP) is 3.67. The summed E-state index contributed by atoms with van der Waals surface area (Å²) >= 11 is 6.16. The Labute approximate surface area is 139 Å². The minimum Gasteiger partial charge on any atom is -0.491 e. The second-order valence-corrected chi connectivity index (χ2v) is 7.38. The second kappa shape index (κ2) is 7.67. The van der Waals surface area contributed by atoms with Crippen LogP contribution in [0.15, 0.2) is 12.1 Å². The molecule has 1 aromatic rings. The third-order valence-electron chi connectivity index (χ3n) is 4.27. The number of hydrogen-bond donors (Lipinski definition) is 1. The van der Waals surface area contributed by atoms with Crippen LogP contribution in [0, 0.1) is 25.7 Å². The largest absolute Gasteiger partial charge is 0.491 e. The van der Waals surface area contributed by atoms with E-state index in [-0.39, 0.29) is 0 Å². The molecule has 0 bridgehead atoms. The summed E-state index contributed by atoms with van der Waals surface area (Å²) in [4.78, 5) is 2.35. The van der Waals surface area contributed by atoms with Crippen molar-refractivity contribution >= 4 is 11.6 Å². The number of piperidine rings is 1. The van der Waals surface area contributed by atoms with Gasteiger partial charge in [0.15, 0.2) is 0 Å². The van der Waals surface area contributed by atoms with Gasteiger partial charge in [0.25, 0.3) is 0 Å². The van der Waals surface area contributed by atoms with Gasteiger partial charge in [-0.1, -0.05) is 25.4 Å². The number of aliphatic hydroxyl groups excluding tert-OH is 1. The maximum atomic E-state index is 10.2. The number of benzene rings is 1. The van der Waals surface area contributed by atoms with Gasteiger partial charge in [0, 0.05) is 24.7 Å². The van der Waals surface area contributed by atoms with Crippen LogP contribution in [0.4, 0.5) is 0 Å². The van der Waals surface area contributed by atoms with Crippen LogP contribution in [-0.4, -0.2) is 42.4 Å². The standard InChI is InChI=1S/C18H28ClNO2/c1-12-5-13(2)9-20(8-12)10-16(21)11-22-17-6-14(3)18(19)15(4)7-17/h6-7,12-13,16,21H,5,8-11H2,1-4H3/t12-,13+,16-/m1/s1. The molecule has 1 aliphatic rings. The average molecular weight is 326 g/mol. The summed E-state index contributed by atoms with van der Waals surface area (Å²) < 4.78 is 5.74. The second-order valence-electron chi connectivity index (χ2n) is 7.00. The number of hydrogen-bond acceptors (Lipinski definition) is 3. The maximum absolute atomic E-state index is 10.2. The van der Waals surface area contributed by atoms with Crippen LogP contribution >= 0.6 is 11.6 Å². The summed E-state index contributed by atoms with van der Waals surface area (Å²) in [5.74, 6) is 2.19. The number of rotatable bonds is 5. The fraction of sp³-hybridized carbons (Fsp3) is 0.667. The zero-order valence-electron chi connectivity index (χ0n) is 14.1. The van der Waals surface area contributed by atoms with Crippen molar-refractivity contribution in [2.45, 2.75) is 40.2 Å². The highest BCUT2D eigenvalue weighted by molar-refractivity contribution is 6.32. The Morgan fingerprint density at radius 1 is 1.23 bits per heavy atom. The first-order valence-electron chi connectivity index (χ1n) is 8.15. The van der Waals surface area contributed by atoms with E-state index in [1.165, 1.54) is 6.42 Å². The number of nitrogens with zero attached hydrogens (tertiary/aromatic N) is 1. The highest BCUT2D eigenvalue weighted by Crippen LogP contribution is 2.26. The molecule has 0 aliphatic carbocycles. The van der Waals surface area contributed by atoms with Crippen LogP contribution < -0.4 is 4.74 Å². The first-order valence-corrected chi connectivity index (χ1v) is 8.53. The molecule has 0 saturated carbocycles. The number of halogens is 1. The van der Waals surface area contributed by atoms with Gasteiger partial charge >= 0.3 is 0 Å². The topological polar surface area (TPSA) is 32.7 Å². The van der Waals surface area contributed by atoms with Crippen LogP contribution in [0.25, 0.3) is 0 Å². The molecule has 0 radical (unpaired) electrons. The predicted molar refractivity (Wildman–Crippen MR) is 91.8 cm³/mol. The Balaban J connectivity index is 1.84. The van der Waals surface area contributed by atoms with Gasteiger partial charge in [-0.05, 0) is 55.4 Å². The van der Waals surface area contributed by atoms with Gasteiger partial charge in [0.1, 0.15) is 18.5 Å². The van der Waals surface area contributed by atoms with E-state index in [1.807, 2.05) is 26.0 Å². The van der Waals surface area contributed by atoms with Gasteiger partial charge < -0.3 is 14.7 Å². The number of β-amino-alcohol motifs (C(OH)–C–C–N with tert-alkyl or cyclic N) is 1. The SMILES string of the molecule is Cc1cc(OC[C@H](O)CN2C[C@H](C)C[C@H](C)C2)cc(C)c1Cl. The van der Waals surface area contributed by atoms with Crippen LogP contribution in [0.1, 0.15) is 31.4 Å². The lowest BCUT2D eigenvalue weighted by molar-refractivity contribution is 0.0428. The third-order valence-corrected chi connectivity index (χ3v) is 4.86. The molecular weight excluding hydrogens is 298 g/mol. The van der Waals surface area contributed by atoms with Crippen LogP contribution in [-0.2, 0) is 0 Å². The molecule has 0 unspecified atom stereocenters. The van der Waals surface area contributed by atoms with E-state index in [0.717, 1.165) is 35.0 Å². The summed E-state index contributed by atoms with van der Waals surface area (Å²) in [5, 5.41) is 11.0. The summed E-state index contributed by atoms with van der Waals surface area (Å²) in [6, 6.07) is 3.85. The Hall–Kier alpha value is -0.770. The Morgan fingerprint density at radius 3 is 2.32 bits per heavy atom. The summed E-state index contributed by atoms with van der Waals surface area (Å²) in [5.41, 5.74) is 2.01. The minimum atomic E-state index is -0.464. The van der Waals surface area contributed by atoms with Crippen LogP contribution in [0.2, 0.25) is 5.02 Å². The van der Waals surface area contributed by atoms with Crippen molar-refractivity contribution in [1.82, 2.24) is 4.90 Å². The van der Waals surface area contributed by atoms with Crippen molar-refractivity contribution in [3.63, 3.8) is 0 Å². The molecule has 124 valence electrons. The van der Waals surface area contributed by atoms with E-state index in [1.54, 1.807) is 0 Å². The van der Waals surface area contributed by atoms with E-state index < -0.39 is 6.10 Å². The van der Waals surface area contributed by atoms with E-state index >= 15 is 0 Å². The molecule has 0 aromatic heterocycles. The average Bonchev–Trinajstić information content (AvgIpc) is 2.41. The van der Waals surface area contributed by atoms with Crippen LogP contribution in [0.5, 0.6) is 5.75 Å². The molecule has 22 heavy (non-hydrogen) atoms. The van der Waals surface area contributed by atoms with Gasteiger partial charge in [-0.3, -0.25) is 0 Å². The molecule has 2 rings (SSSR count). The fourth-order valence-electron chi connectivity index (χ4n) is 3.47. The van der Waals surface area contributed by atoms with Gasteiger partial charge in [0.2, 0.25) is 0 Å². The number of aliphatic hydroxyl groups is 1. The van der Waals surface area contributed by atoms with Crippen molar-refractivity contribution < 1.29 is 9.84 Å². The van der Waals surface area contributed by atoms with Crippen molar-refractivity contribution in [3.8, 4) is 5.75 Å². The zero-order valence-corrected chi connectivity index (χ0v) is 14.9. The molecule has 3 atom stereocenters. The molecule has 1 aromatic carbocycles. The number of aryl methyl sites for hydroxylation is 2. The van der Waals surface area contributed by atoms with Crippen molar-refractivity contribution in [1.29, 1.82) is 0 Å². The van der Waals surface area contributed by atoms with Gasteiger partial charge in [-0.25, -0.2) is 0 Å².